The van der Waals surface area contributed by atoms with Gasteiger partial charge in [0.2, 0.25) is 0 Å². The first-order valence-corrected chi connectivity index (χ1v) is 4.01. The molecule has 0 fully saturated rings. The van der Waals surface area contributed by atoms with E-state index in [1.165, 1.54) is 0 Å². The van der Waals surface area contributed by atoms with Gasteiger partial charge in [-0.3, -0.25) is 9.59 Å². The van der Waals surface area contributed by atoms with Crippen molar-refractivity contribution in [2.75, 3.05) is 38.2 Å². The Morgan fingerprint density at radius 2 is 1.92 bits per heavy atom. The van der Waals surface area contributed by atoms with E-state index in [9.17, 15) is 9.59 Å². The van der Waals surface area contributed by atoms with E-state index in [-0.39, 0.29) is 11.4 Å². The van der Waals surface area contributed by atoms with Gasteiger partial charge in [-0.05, 0) is 14.1 Å². The maximum absolute atomic E-state index is 10.9. The van der Waals surface area contributed by atoms with Crippen molar-refractivity contribution >= 4 is 11.4 Å². The van der Waals surface area contributed by atoms with Crippen LogP contribution in [-0.4, -0.2) is 32.1 Å². The molecule has 5 nitrogen and oxygen atoms in total. The van der Waals surface area contributed by atoms with Crippen molar-refractivity contribution in [3.63, 3.8) is 0 Å². The van der Waals surface area contributed by atoms with E-state index in [4.69, 9.17) is 5.73 Å². The molecule has 0 saturated heterocycles. The number of anilines is 2. The van der Waals surface area contributed by atoms with Crippen molar-refractivity contribution in [2.24, 2.45) is 0 Å². The second kappa shape index (κ2) is 3.57. The zero-order valence-electron chi connectivity index (χ0n) is 7.76. The maximum Gasteiger partial charge on any atom is 0.253 e. The highest BCUT2D eigenvalue weighted by Gasteiger charge is 2.16. The highest BCUT2D eigenvalue weighted by Crippen LogP contribution is 2.07. The lowest BCUT2D eigenvalue weighted by molar-refractivity contribution is 0.425. The lowest BCUT2D eigenvalue weighted by Gasteiger charge is -2.12. The van der Waals surface area contributed by atoms with Crippen LogP contribution < -0.4 is 21.9 Å². The fraction of sp³-hybridized carbons (Fsp3) is 0.500. The molecule has 0 radical (unpaired) electrons. The third-order valence-corrected chi connectivity index (χ3v) is 1.81. The Balaban J connectivity index is 2.48. The van der Waals surface area contributed by atoms with Crippen molar-refractivity contribution in [2.45, 2.75) is 0 Å². The smallest absolute Gasteiger partial charge is 0.253 e. The van der Waals surface area contributed by atoms with Crippen LogP contribution in [0.2, 0.25) is 0 Å². The highest BCUT2D eigenvalue weighted by molar-refractivity contribution is 5.71. The molecule has 13 heavy (non-hydrogen) atoms. The Morgan fingerprint density at radius 1 is 1.31 bits per heavy atom. The van der Waals surface area contributed by atoms with E-state index in [2.05, 4.69) is 5.32 Å². The van der Waals surface area contributed by atoms with Gasteiger partial charge in [0.15, 0.2) is 0 Å². The van der Waals surface area contributed by atoms with Crippen molar-refractivity contribution in [1.82, 2.24) is 4.90 Å². The first-order chi connectivity index (χ1) is 6.04. The minimum Gasteiger partial charge on any atom is -0.394 e. The summed E-state index contributed by atoms with van der Waals surface area (Å²) in [5.74, 6) is 0. The van der Waals surface area contributed by atoms with Crippen molar-refractivity contribution in [3.05, 3.63) is 20.4 Å². The van der Waals surface area contributed by atoms with Crippen LogP contribution in [0.15, 0.2) is 9.59 Å². The van der Waals surface area contributed by atoms with Gasteiger partial charge in [0.25, 0.3) is 10.9 Å². The van der Waals surface area contributed by atoms with E-state index in [1.807, 2.05) is 19.0 Å². The summed E-state index contributed by atoms with van der Waals surface area (Å²) in [7, 11) is 3.85. The lowest BCUT2D eigenvalue weighted by atomic mass is 10.2. The fourth-order valence-electron chi connectivity index (χ4n) is 0.989. The topological polar surface area (TPSA) is 75.4 Å². The van der Waals surface area contributed by atoms with Crippen molar-refractivity contribution < 1.29 is 0 Å². The minimum absolute atomic E-state index is 0.0590. The van der Waals surface area contributed by atoms with Crippen LogP contribution >= 0.6 is 0 Å². The van der Waals surface area contributed by atoms with Crippen LogP contribution in [0.5, 0.6) is 0 Å². The first kappa shape index (κ1) is 9.73. The average Bonchev–Trinajstić information content (AvgIpc) is 2.10. The summed E-state index contributed by atoms with van der Waals surface area (Å²) in [5.41, 5.74) is 4.56. The lowest BCUT2D eigenvalue weighted by Crippen LogP contribution is -2.38. The molecule has 0 bridgehead atoms. The Hall–Kier alpha value is -1.36. The zero-order chi connectivity index (χ0) is 10.0. The number of hydrogen-bond donors (Lipinski definition) is 2. The minimum atomic E-state index is -0.577. The molecular weight excluding hydrogens is 170 g/mol. The number of hydrogen-bond acceptors (Lipinski definition) is 5. The van der Waals surface area contributed by atoms with Gasteiger partial charge in [0.1, 0.15) is 11.4 Å². The zero-order valence-corrected chi connectivity index (χ0v) is 7.76. The van der Waals surface area contributed by atoms with Gasteiger partial charge in [0, 0.05) is 13.1 Å². The molecular formula is C8H13N3O2. The van der Waals surface area contributed by atoms with E-state index in [0.29, 0.717) is 6.54 Å². The van der Waals surface area contributed by atoms with Crippen LogP contribution in [0.3, 0.4) is 0 Å². The largest absolute Gasteiger partial charge is 0.394 e. The fourth-order valence-corrected chi connectivity index (χ4v) is 0.989. The van der Waals surface area contributed by atoms with Gasteiger partial charge in [0.05, 0.1) is 0 Å². The second-order valence-electron chi connectivity index (χ2n) is 3.18. The number of nitrogens with zero attached hydrogens (tertiary/aromatic N) is 1. The van der Waals surface area contributed by atoms with Gasteiger partial charge < -0.3 is 16.0 Å². The molecule has 3 N–H and O–H groups in total. The summed E-state index contributed by atoms with van der Waals surface area (Å²) in [6.45, 7) is 1.40. The van der Waals surface area contributed by atoms with E-state index in [0.717, 1.165) is 6.54 Å². The van der Waals surface area contributed by atoms with E-state index < -0.39 is 10.9 Å². The second-order valence-corrected chi connectivity index (χ2v) is 3.18. The van der Waals surface area contributed by atoms with E-state index >= 15 is 0 Å². The summed E-state index contributed by atoms with van der Waals surface area (Å²) in [5, 5.41) is 2.82. The van der Waals surface area contributed by atoms with E-state index in [1.54, 1.807) is 0 Å². The molecule has 1 aromatic carbocycles. The van der Waals surface area contributed by atoms with Crippen molar-refractivity contribution in [1.29, 1.82) is 0 Å². The third-order valence-electron chi connectivity index (χ3n) is 1.81. The number of nitrogen functional groups attached to an aromatic ring is 1. The molecule has 0 aromatic heterocycles. The molecule has 0 spiro atoms. The van der Waals surface area contributed by atoms with Crippen LogP contribution in [0.4, 0.5) is 11.4 Å². The molecule has 0 amide bonds. The van der Waals surface area contributed by atoms with Gasteiger partial charge in [-0.2, -0.15) is 0 Å². The molecule has 5 heteroatoms. The van der Waals surface area contributed by atoms with Gasteiger partial charge in [-0.25, -0.2) is 0 Å². The molecule has 0 aliphatic carbocycles. The number of nitrogens with one attached hydrogen (secondary N) is 1. The maximum atomic E-state index is 10.9. The molecule has 0 aliphatic heterocycles. The summed E-state index contributed by atoms with van der Waals surface area (Å²) >= 11 is 0. The van der Waals surface area contributed by atoms with Crippen LogP contribution in [0.1, 0.15) is 0 Å². The SMILES string of the molecule is CN(C)CCNc1c(N)c(=O)c1=O. The normalized spacial score (nSPS) is 11.0. The first-order valence-electron chi connectivity index (χ1n) is 4.01. The highest BCUT2D eigenvalue weighted by atomic mass is 16.2. The predicted octanol–water partition coefficient (Wildman–Crippen LogP) is -1.16. The summed E-state index contributed by atoms with van der Waals surface area (Å²) in [4.78, 5) is 23.5. The van der Waals surface area contributed by atoms with Crippen LogP contribution in [0, 0.1) is 0 Å². The molecule has 0 unspecified atom stereocenters. The molecule has 0 heterocycles. The molecule has 72 valence electrons. The summed E-state index contributed by atoms with van der Waals surface area (Å²) in [6, 6.07) is 0. The number of nitrogens with two attached hydrogens (primary N) is 1. The average molecular weight is 183 g/mol. The summed E-state index contributed by atoms with van der Waals surface area (Å²) in [6.07, 6.45) is 0. The Kier molecular flexibility index (Phi) is 2.67. The molecule has 1 rings (SSSR count). The Bertz CT molecular complexity index is 363. The van der Waals surface area contributed by atoms with Gasteiger partial charge >= 0.3 is 0 Å². The predicted molar refractivity (Wildman–Crippen MR) is 52.8 cm³/mol. The summed E-state index contributed by atoms with van der Waals surface area (Å²) < 4.78 is 0. The van der Waals surface area contributed by atoms with Crippen LogP contribution in [-0.2, 0) is 0 Å². The number of rotatable bonds is 4. The van der Waals surface area contributed by atoms with Gasteiger partial charge in [-0.15, -0.1) is 0 Å². The Morgan fingerprint density at radius 3 is 2.38 bits per heavy atom. The third kappa shape index (κ3) is 1.86. The monoisotopic (exact) mass is 183 g/mol. The molecule has 0 atom stereocenters. The molecule has 0 saturated carbocycles. The van der Waals surface area contributed by atoms with Gasteiger partial charge in [-0.1, -0.05) is 0 Å². The van der Waals surface area contributed by atoms with Crippen molar-refractivity contribution in [3.8, 4) is 0 Å². The Labute approximate surface area is 75.8 Å². The number of likely N-dealkylation sites (N-methyl/N-ethyl adjacent to an activating group) is 1. The molecule has 1 aromatic rings. The molecule has 0 aliphatic rings. The quantitative estimate of drug-likeness (QED) is 0.576. The van der Waals surface area contributed by atoms with Crippen LogP contribution in [0.25, 0.3) is 0 Å². The standard InChI is InChI=1S/C8H13N3O2/c1-11(2)4-3-10-6-5(9)7(12)8(6)13/h10H,3-4,9H2,1-2H3.